The van der Waals surface area contributed by atoms with Crippen molar-refractivity contribution >= 4 is 33.2 Å². The third kappa shape index (κ3) is 6.94. The standard InChI is InChI=1S/C21H27ClN2O4S/c1-5-28-16-8-6-15(7-9-16)24-29(26,27)17-10-11-19(22)18(14-17)20(25)23-13-12-21(2,3)4/h6-11,14,24H,5,12-13H2,1-4H3,(H,23,25). The van der Waals surface area contributed by atoms with Crippen molar-refractivity contribution in [2.75, 3.05) is 17.9 Å². The van der Waals surface area contributed by atoms with Crippen LogP contribution in [0.15, 0.2) is 47.4 Å². The lowest BCUT2D eigenvalue weighted by Crippen LogP contribution is -2.27. The molecule has 158 valence electrons. The molecule has 0 bridgehead atoms. The fourth-order valence-electron chi connectivity index (χ4n) is 2.49. The molecule has 0 atom stereocenters. The van der Waals surface area contributed by atoms with E-state index in [4.69, 9.17) is 16.3 Å². The van der Waals surface area contributed by atoms with E-state index in [1.54, 1.807) is 24.3 Å². The molecule has 0 aliphatic carbocycles. The second-order valence-corrected chi connectivity index (χ2v) is 9.86. The van der Waals surface area contributed by atoms with Gasteiger partial charge in [0.05, 0.1) is 22.1 Å². The number of anilines is 1. The van der Waals surface area contributed by atoms with Gasteiger partial charge in [-0.05, 0) is 61.2 Å². The zero-order valence-electron chi connectivity index (χ0n) is 17.1. The number of hydrogen-bond donors (Lipinski definition) is 2. The Balaban J connectivity index is 2.16. The molecule has 2 aromatic rings. The van der Waals surface area contributed by atoms with Gasteiger partial charge in [-0.2, -0.15) is 0 Å². The number of benzene rings is 2. The summed E-state index contributed by atoms with van der Waals surface area (Å²) < 4.78 is 33.3. The van der Waals surface area contributed by atoms with E-state index in [-0.39, 0.29) is 20.9 Å². The molecule has 2 N–H and O–H groups in total. The van der Waals surface area contributed by atoms with Gasteiger partial charge in [0, 0.05) is 12.2 Å². The summed E-state index contributed by atoms with van der Waals surface area (Å²) in [4.78, 5) is 12.4. The Morgan fingerprint density at radius 3 is 2.34 bits per heavy atom. The lowest BCUT2D eigenvalue weighted by molar-refractivity contribution is 0.0949. The fourth-order valence-corrected chi connectivity index (χ4v) is 3.78. The third-order valence-corrected chi connectivity index (χ3v) is 5.78. The van der Waals surface area contributed by atoms with E-state index >= 15 is 0 Å². The molecule has 0 spiro atoms. The van der Waals surface area contributed by atoms with Gasteiger partial charge < -0.3 is 10.1 Å². The summed E-state index contributed by atoms with van der Waals surface area (Å²) in [6.07, 6.45) is 0.785. The van der Waals surface area contributed by atoms with E-state index < -0.39 is 15.9 Å². The first-order valence-electron chi connectivity index (χ1n) is 9.35. The Labute approximate surface area is 177 Å². The van der Waals surface area contributed by atoms with Crippen molar-refractivity contribution in [3.05, 3.63) is 53.1 Å². The van der Waals surface area contributed by atoms with Crippen LogP contribution in [0.2, 0.25) is 5.02 Å². The Bertz CT molecular complexity index is 952. The van der Waals surface area contributed by atoms with Crippen molar-refractivity contribution in [3.63, 3.8) is 0 Å². The number of halogens is 1. The average molecular weight is 439 g/mol. The molecule has 0 saturated heterocycles. The van der Waals surface area contributed by atoms with Gasteiger partial charge in [-0.15, -0.1) is 0 Å². The quantitative estimate of drug-likeness (QED) is 0.625. The van der Waals surface area contributed by atoms with Gasteiger partial charge in [0.25, 0.3) is 15.9 Å². The summed E-state index contributed by atoms with van der Waals surface area (Å²) in [6, 6.07) is 10.6. The summed E-state index contributed by atoms with van der Waals surface area (Å²) in [7, 11) is -3.88. The largest absolute Gasteiger partial charge is 0.494 e. The van der Waals surface area contributed by atoms with Gasteiger partial charge in [-0.1, -0.05) is 32.4 Å². The number of amides is 1. The number of carbonyl (C=O) groups excluding carboxylic acids is 1. The number of carbonyl (C=O) groups is 1. The Morgan fingerprint density at radius 1 is 1.10 bits per heavy atom. The highest BCUT2D eigenvalue weighted by atomic mass is 35.5. The van der Waals surface area contributed by atoms with E-state index in [0.717, 1.165) is 6.42 Å². The minimum atomic E-state index is -3.88. The van der Waals surface area contributed by atoms with Gasteiger partial charge in [0.1, 0.15) is 5.75 Å². The van der Waals surface area contributed by atoms with Gasteiger partial charge in [-0.25, -0.2) is 8.42 Å². The Hall–Kier alpha value is -2.25. The van der Waals surface area contributed by atoms with Gasteiger partial charge >= 0.3 is 0 Å². The molecule has 0 aliphatic heterocycles. The molecule has 0 saturated carbocycles. The molecule has 0 fully saturated rings. The van der Waals surface area contributed by atoms with Gasteiger partial charge in [-0.3, -0.25) is 9.52 Å². The monoisotopic (exact) mass is 438 g/mol. The SMILES string of the molecule is CCOc1ccc(NS(=O)(=O)c2ccc(Cl)c(C(=O)NCCC(C)(C)C)c2)cc1. The highest BCUT2D eigenvalue weighted by molar-refractivity contribution is 7.92. The van der Waals surface area contributed by atoms with Crippen LogP contribution in [0.25, 0.3) is 0 Å². The van der Waals surface area contributed by atoms with Crippen LogP contribution in [0.1, 0.15) is 44.5 Å². The van der Waals surface area contributed by atoms with Crippen LogP contribution < -0.4 is 14.8 Å². The number of sulfonamides is 1. The minimum Gasteiger partial charge on any atom is -0.494 e. The first-order valence-corrected chi connectivity index (χ1v) is 11.2. The maximum atomic E-state index is 12.7. The second-order valence-electron chi connectivity index (χ2n) is 7.77. The predicted molar refractivity (Wildman–Crippen MR) is 116 cm³/mol. The van der Waals surface area contributed by atoms with Crippen LogP contribution in [0, 0.1) is 5.41 Å². The normalized spacial score (nSPS) is 11.8. The number of rotatable bonds is 8. The zero-order valence-corrected chi connectivity index (χ0v) is 18.7. The first kappa shape index (κ1) is 23.0. The van der Waals surface area contributed by atoms with Crippen LogP contribution >= 0.6 is 11.6 Å². The van der Waals surface area contributed by atoms with Crippen LogP contribution in [0.4, 0.5) is 5.69 Å². The lowest BCUT2D eigenvalue weighted by atomic mass is 9.92. The van der Waals surface area contributed by atoms with Crippen LogP contribution in [-0.2, 0) is 10.0 Å². The van der Waals surface area contributed by atoms with E-state index in [1.807, 2.05) is 6.92 Å². The molecular weight excluding hydrogens is 412 g/mol. The summed E-state index contributed by atoms with van der Waals surface area (Å²) in [6.45, 7) is 9.09. The number of hydrogen-bond acceptors (Lipinski definition) is 4. The summed E-state index contributed by atoms with van der Waals surface area (Å²) >= 11 is 6.13. The van der Waals surface area contributed by atoms with E-state index in [9.17, 15) is 13.2 Å². The first-order chi connectivity index (χ1) is 13.5. The minimum absolute atomic E-state index is 0.0447. The van der Waals surface area contributed by atoms with Gasteiger partial charge in [0.2, 0.25) is 0 Å². The maximum absolute atomic E-state index is 12.7. The fraction of sp³-hybridized carbons (Fsp3) is 0.381. The molecule has 0 unspecified atom stereocenters. The van der Waals surface area contributed by atoms with Crippen LogP contribution in [0.5, 0.6) is 5.75 Å². The second kappa shape index (κ2) is 9.50. The highest BCUT2D eigenvalue weighted by Gasteiger charge is 2.19. The molecule has 2 rings (SSSR count). The molecule has 0 aromatic heterocycles. The van der Waals surface area contributed by atoms with E-state index in [2.05, 4.69) is 30.8 Å². The molecule has 8 heteroatoms. The Kier molecular flexibility index (Phi) is 7.54. The molecule has 0 radical (unpaired) electrons. The highest BCUT2D eigenvalue weighted by Crippen LogP contribution is 2.24. The molecule has 0 aliphatic rings. The van der Waals surface area contributed by atoms with E-state index in [0.29, 0.717) is 24.6 Å². The van der Waals surface area contributed by atoms with Gasteiger partial charge in [0.15, 0.2) is 0 Å². The number of nitrogens with one attached hydrogen (secondary N) is 2. The zero-order chi connectivity index (χ0) is 21.7. The molecule has 6 nitrogen and oxygen atoms in total. The lowest BCUT2D eigenvalue weighted by Gasteiger charge is -2.18. The number of ether oxygens (including phenoxy) is 1. The van der Waals surface area contributed by atoms with Crippen molar-refractivity contribution in [1.29, 1.82) is 0 Å². The average Bonchev–Trinajstić information content (AvgIpc) is 2.62. The molecule has 1 amide bonds. The summed E-state index contributed by atoms with van der Waals surface area (Å²) in [5, 5.41) is 2.98. The summed E-state index contributed by atoms with van der Waals surface area (Å²) in [5.74, 6) is 0.244. The van der Waals surface area contributed by atoms with Crippen LogP contribution in [-0.4, -0.2) is 27.5 Å². The third-order valence-electron chi connectivity index (χ3n) is 4.07. The van der Waals surface area contributed by atoms with Crippen molar-refractivity contribution in [3.8, 4) is 5.75 Å². The van der Waals surface area contributed by atoms with Crippen LogP contribution in [0.3, 0.4) is 0 Å². The Morgan fingerprint density at radius 2 is 1.76 bits per heavy atom. The van der Waals surface area contributed by atoms with Crippen molar-refractivity contribution in [1.82, 2.24) is 5.32 Å². The molecule has 29 heavy (non-hydrogen) atoms. The smallest absolute Gasteiger partial charge is 0.261 e. The topological polar surface area (TPSA) is 84.5 Å². The molecule has 2 aromatic carbocycles. The van der Waals surface area contributed by atoms with Crippen molar-refractivity contribution in [2.45, 2.75) is 39.0 Å². The molecule has 0 heterocycles. The van der Waals surface area contributed by atoms with E-state index in [1.165, 1.54) is 18.2 Å². The predicted octanol–water partition coefficient (Wildman–Crippen LogP) is 4.71. The molecular formula is C21H27ClN2O4S. The van der Waals surface area contributed by atoms with Crippen molar-refractivity contribution < 1.29 is 17.9 Å². The van der Waals surface area contributed by atoms with Crippen molar-refractivity contribution in [2.24, 2.45) is 5.41 Å². The summed E-state index contributed by atoms with van der Waals surface area (Å²) in [5.41, 5.74) is 0.582. The maximum Gasteiger partial charge on any atom is 0.261 e.